The van der Waals surface area contributed by atoms with Crippen molar-refractivity contribution in [1.29, 1.82) is 0 Å². The van der Waals surface area contributed by atoms with E-state index in [-0.39, 0.29) is 17.6 Å². The number of Topliss-reactive ketones (excluding diaryl/α,β-unsaturated/α-hetero) is 1. The fraction of sp³-hybridized carbons (Fsp3) is 0.522. The van der Waals surface area contributed by atoms with Crippen molar-refractivity contribution in [3.05, 3.63) is 57.6 Å². The second-order valence-electron chi connectivity index (χ2n) is 7.97. The van der Waals surface area contributed by atoms with Gasteiger partial charge in [-0.2, -0.15) is 0 Å². The maximum Gasteiger partial charge on any atom is 0.269 e. The van der Waals surface area contributed by atoms with E-state index in [4.69, 9.17) is 4.74 Å². The summed E-state index contributed by atoms with van der Waals surface area (Å²) in [5.41, 5.74) is -0.0430. The fourth-order valence-electron chi connectivity index (χ4n) is 4.65. The van der Waals surface area contributed by atoms with Crippen LogP contribution in [0.5, 0.6) is 5.88 Å². The molecule has 0 spiro atoms. The van der Waals surface area contributed by atoms with Crippen LogP contribution in [-0.2, 0) is 0 Å². The monoisotopic (exact) mass is 418 g/mol. The summed E-state index contributed by atoms with van der Waals surface area (Å²) in [6.45, 7) is 2.09. The van der Waals surface area contributed by atoms with Gasteiger partial charge in [0.25, 0.3) is 12.0 Å². The number of halogens is 2. The van der Waals surface area contributed by atoms with Gasteiger partial charge in [0.05, 0.1) is 12.7 Å². The highest BCUT2D eigenvalue weighted by molar-refractivity contribution is 5.95. The first kappa shape index (κ1) is 22.1. The highest BCUT2D eigenvalue weighted by Crippen LogP contribution is 2.42. The molecule has 2 heterocycles. The van der Waals surface area contributed by atoms with E-state index in [9.17, 15) is 18.4 Å². The van der Waals surface area contributed by atoms with Gasteiger partial charge in [0.1, 0.15) is 0 Å². The molecule has 0 amide bonds. The molecular weight excluding hydrogens is 390 g/mol. The second-order valence-corrected chi connectivity index (χ2v) is 7.97. The predicted octanol–water partition coefficient (Wildman–Crippen LogP) is 5.29. The number of alkyl halides is 2. The average molecular weight is 418 g/mol. The SMILES string of the molecule is CC[C@@H](CC(=O)c1ccc(OC)nc1)C1CCC(c2cc[nH]c(=O)c2C(F)F)CC1. The van der Waals surface area contributed by atoms with Crippen molar-refractivity contribution < 1.29 is 18.3 Å². The minimum absolute atomic E-state index is 0.0356. The van der Waals surface area contributed by atoms with Gasteiger partial charge in [-0.05, 0) is 61.1 Å². The molecular formula is C23H28F2N2O3. The fourth-order valence-corrected chi connectivity index (χ4v) is 4.65. The van der Waals surface area contributed by atoms with E-state index in [0.717, 1.165) is 32.1 Å². The van der Waals surface area contributed by atoms with Crippen LogP contribution in [0, 0.1) is 11.8 Å². The molecule has 7 heteroatoms. The summed E-state index contributed by atoms with van der Waals surface area (Å²) >= 11 is 0. The van der Waals surface area contributed by atoms with Crippen LogP contribution >= 0.6 is 0 Å². The molecule has 1 aliphatic rings. The molecule has 2 aromatic rings. The normalized spacial score (nSPS) is 20.2. The number of pyridine rings is 2. The summed E-state index contributed by atoms with van der Waals surface area (Å²) in [7, 11) is 1.53. The third kappa shape index (κ3) is 4.94. The smallest absolute Gasteiger partial charge is 0.269 e. The number of nitrogens with zero attached hydrogens (tertiary/aromatic N) is 1. The quantitative estimate of drug-likeness (QED) is 0.591. The Kier molecular flexibility index (Phi) is 7.34. The Hall–Kier alpha value is -2.57. The molecule has 1 aliphatic carbocycles. The van der Waals surface area contributed by atoms with Crippen LogP contribution in [0.15, 0.2) is 35.4 Å². The van der Waals surface area contributed by atoms with Crippen molar-refractivity contribution in [3.63, 3.8) is 0 Å². The first-order chi connectivity index (χ1) is 14.4. The number of ketones is 1. The van der Waals surface area contributed by atoms with Crippen molar-refractivity contribution in [2.45, 2.75) is 57.8 Å². The van der Waals surface area contributed by atoms with E-state index in [1.165, 1.54) is 13.3 Å². The molecule has 30 heavy (non-hydrogen) atoms. The molecule has 5 nitrogen and oxygen atoms in total. The molecule has 162 valence electrons. The molecule has 1 fully saturated rings. The lowest BCUT2D eigenvalue weighted by Crippen LogP contribution is -2.25. The maximum absolute atomic E-state index is 13.4. The summed E-state index contributed by atoms with van der Waals surface area (Å²) in [6, 6.07) is 5.03. The Morgan fingerprint density at radius 3 is 2.53 bits per heavy atom. The number of nitrogens with one attached hydrogen (secondary N) is 1. The van der Waals surface area contributed by atoms with Gasteiger partial charge in [0.2, 0.25) is 5.88 Å². The molecule has 0 aromatic carbocycles. The van der Waals surface area contributed by atoms with Crippen LogP contribution in [0.2, 0.25) is 0 Å². The zero-order valence-electron chi connectivity index (χ0n) is 17.4. The number of carbonyl (C=O) groups excluding carboxylic acids is 1. The van der Waals surface area contributed by atoms with Crippen molar-refractivity contribution in [3.8, 4) is 5.88 Å². The molecule has 1 saturated carbocycles. The van der Waals surface area contributed by atoms with E-state index in [0.29, 0.717) is 29.3 Å². The lowest BCUT2D eigenvalue weighted by Gasteiger charge is -2.34. The van der Waals surface area contributed by atoms with Gasteiger partial charge in [-0.1, -0.05) is 13.3 Å². The largest absolute Gasteiger partial charge is 0.481 e. The van der Waals surface area contributed by atoms with Crippen molar-refractivity contribution in [2.24, 2.45) is 11.8 Å². The van der Waals surface area contributed by atoms with Crippen LogP contribution in [0.3, 0.4) is 0 Å². The van der Waals surface area contributed by atoms with Gasteiger partial charge in [-0.3, -0.25) is 9.59 Å². The van der Waals surface area contributed by atoms with Crippen molar-refractivity contribution in [2.75, 3.05) is 7.11 Å². The standard InChI is InChI=1S/C23H28F2N2O3/c1-3-14(12-19(28)17-8-9-20(30-2)27-13-17)15-4-6-16(7-5-15)18-10-11-26-23(29)21(18)22(24)25/h8-11,13-16,22H,3-7,12H2,1-2H3,(H,26,29)/t14-,15?,16?/m0/s1. The van der Waals surface area contributed by atoms with E-state index in [1.54, 1.807) is 24.4 Å². The molecule has 3 rings (SSSR count). The number of carbonyl (C=O) groups is 1. The minimum Gasteiger partial charge on any atom is -0.481 e. The molecule has 0 unspecified atom stereocenters. The van der Waals surface area contributed by atoms with Crippen LogP contribution in [-0.4, -0.2) is 22.9 Å². The summed E-state index contributed by atoms with van der Waals surface area (Å²) in [5, 5.41) is 0. The summed E-state index contributed by atoms with van der Waals surface area (Å²) < 4.78 is 31.8. The molecule has 0 aliphatic heterocycles. The van der Waals surface area contributed by atoms with Crippen molar-refractivity contribution >= 4 is 5.78 Å². The van der Waals surface area contributed by atoms with Gasteiger partial charge in [-0.25, -0.2) is 13.8 Å². The summed E-state index contributed by atoms with van der Waals surface area (Å²) in [6.07, 6.45) is 4.80. The zero-order chi connectivity index (χ0) is 21.7. The maximum atomic E-state index is 13.4. The van der Waals surface area contributed by atoms with Crippen LogP contribution < -0.4 is 10.3 Å². The Morgan fingerprint density at radius 2 is 1.97 bits per heavy atom. The molecule has 1 N–H and O–H groups in total. The van der Waals surface area contributed by atoms with Gasteiger partial charge in [0.15, 0.2) is 5.78 Å². The van der Waals surface area contributed by atoms with Gasteiger partial charge >= 0.3 is 0 Å². The highest BCUT2D eigenvalue weighted by atomic mass is 19.3. The third-order valence-electron chi connectivity index (χ3n) is 6.37. The Balaban J connectivity index is 1.64. The molecule has 0 bridgehead atoms. The first-order valence-corrected chi connectivity index (χ1v) is 10.5. The number of aromatic nitrogens is 2. The first-order valence-electron chi connectivity index (χ1n) is 10.5. The van der Waals surface area contributed by atoms with E-state index in [1.807, 2.05) is 0 Å². The Bertz CT molecular complexity index is 903. The average Bonchev–Trinajstić information content (AvgIpc) is 2.77. The van der Waals surface area contributed by atoms with Gasteiger partial charge < -0.3 is 9.72 Å². The number of methoxy groups -OCH3 is 1. The predicted molar refractivity (Wildman–Crippen MR) is 110 cm³/mol. The van der Waals surface area contributed by atoms with E-state index in [2.05, 4.69) is 16.9 Å². The van der Waals surface area contributed by atoms with Gasteiger partial charge in [0, 0.05) is 30.4 Å². The minimum atomic E-state index is -2.78. The van der Waals surface area contributed by atoms with E-state index < -0.39 is 17.5 Å². The lowest BCUT2D eigenvalue weighted by molar-refractivity contribution is 0.0924. The molecule has 0 saturated heterocycles. The number of ether oxygens (including phenoxy) is 1. The Labute approximate surface area is 174 Å². The lowest BCUT2D eigenvalue weighted by atomic mass is 9.71. The van der Waals surface area contributed by atoms with E-state index >= 15 is 0 Å². The number of rotatable bonds is 8. The Morgan fingerprint density at radius 1 is 1.23 bits per heavy atom. The second kappa shape index (κ2) is 9.96. The number of hydrogen-bond acceptors (Lipinski definition) is 4. The summed E-state index contributed by atoms with van der Waals surface area (Å²) in [4.78, 5) is 31.0. The summed E-state index contributed by atoms with van der Waals surface area (Å²) in [5.74, 6) is 1.12. The topological polar surface area (TPSA) is 72.0 Å². The molecule has 1 atom stereocenters. The third-order valence-corrected chi connectivity index (χ3v) is 6.37. The van der Waals surface area contributed by atoms with Crippen molar-refractivity contribution in [1.82, 2.24) is 9.97 Å². The molecule has 2 aromatic heterocycles. The zero-order valence-corrected chi connectivity index (χ0v) is 17.4. The number of H-pyrrole nitrogens is 1. The van der Waals surface area contributed by atoms with Crippen LogP contribution in [0.25, 0.3) is 0 Å². The van der Waals surface area contributed by atoms with Crippen LogP contribution in [0.1, 0.15) is 79.3 Å². The van der Waals surface area contributed by atoms with Gasteiger partial charge in [-0.15, -0.1) is 0 Å². The highest BCUT2D eigenvalue weighted by Gasteiger charge is 2.31. The molecule has 0 radical (unpaired) electrons. The van der Waals surface area contributed by atoms with Crippen LogP contribution in [0.4, 0.5) is 8.78 Å². The number of aromatic amines is 1. The number of hydrogen-bond donors (Lipinski definition) is 1.